The quantitative estimate of drug-likeness (QED) is 0.441. The van der Waals surface area contributed by atoms with Crippen LogP contribution in [-0.2, 0) is 0 Å². The molecule has 0 bridgehead atoms. The maximum absolute atomic E-state index is 12.9. The normalized spacial score (nSPS) is 18.6. The summed E-state index contributed by atoms with van der Waals surface area (Å²) < 4.78 is 0. The van der Waals surface area contributed by atoms with E-state index in [4.69, 9.17) is 0 Å². The molecule has 1 N–H and O–H groups in total. The molecular weight excluding hydrogens is 444 g/mol. The van der Waals surface area contributed by atoms with Gasteiger partial charge in [-0.1, -0.05) is 50.5 Å². The molecule has 1 atom stereocenters. The van der Waals surface area contributed by atoms with Gasteiger partial charge in [-0.2, -0.15) is 0 Å². The Kier molecular flexibility index (Phi) is 9.82. The summed E-state index contributed by atoms with van der Waals surface area (Å²) in [4.78, 5) is 20.0. The summed E-state index contributed by atoms with van der Waals surface area (Å²) in [6.45, 7) is 13.4. The summed E-state index contributed by atoms with van der Waals surface area (Å²) in [7, 11) is 0. The molecule has 36 heavy (non-hydrogen) atoms. The first-order chi connectivity index (χ1) is 17.6. The molecule has 2 fully saturated rings. The zero-order valence-electron chi connectivity index (χ0n) is 22.7. The minimum absolute atomic E-state index is 0.120. The molecule has 1 saturated carbocycles. The molecular formula is C31H46N4O. The van der Waals surface area contributed by atoms with Crippen molar-refractivity contribution in [3.05, 3.63) is 65.2 Å². The predicted octanol–water partition coefficient (Wildman–Crippen LogP) is 6.03. The third kappa shape index (κ3) is 6.68. The lowest BCUT2D eigenvalue weighted by atomic mass is 9.93. The zero-order valence-corrected chi connectivity index (χ0v) is 22.7. The Balaban J connectivity index is 1.59. The number of rotatable bonds is 10. The van der Waals surface area contributed by atoms with Crippen molar-refractivity contribution < 1.29 is 4.79 Å². The molecule has 4 rings (SSSR count). The summed E-state index contributed by atoms with van der Waals surface area (Å²) in [5, 5.41) is 3.83. The van der Waals surface area contributed by atoms with E-state index in [1.807, 2.05) is 30.9 Å². The van der Waals surface area contributed by atoms with Crippen LogP contribution < -0.4 is 5.32 Å². The Morgan fingerprint density at radius 3 is 2.25 bits per heavy atom. The standard InChI is InChI=1S/C31H46N4O/c1-4-19-33-20-22-35(23-21-33)30(25-15-17-26(18-16-25)31(36)34(5-2)6-3)27-11-10-14-29(24-27)32-28-12-8-7-9-13-28/h10-11,14-18,24,28,30,32H,4-9,12-13,19-23H2,1-3H3/t30-/m0/s1. The minimum atomic E-state index is 0.120. The van der Waals surface area contributed by atoms with Gasteiger partial charge in [0.15, 0.2) is 0 Å². The van der Waals surface area contributed by atoms with Gasteiger partial charge in [0, 0.05) is 56.6 Å². The van der Waals surface area contributed by atoms with E-state index in [9.17, 15) is 4.79 Å². The molecule has 1 aliphatic carbocycles. The molecule has 0 spiro atoms. The number of nitrogens with one attached hydrogen (secondary N) is 1. The minimum Gasteiger partial charge on any atom is -0.382 e. The van der Waals surface area contributed by atoms with Gasteiger partial charge in [-0.15, -0.1) is 0 Å². The van der Waals surface area contributed by atoms with Gasteiger partial charge in [0.2, 0.25) is 0 Å². The molecule has 5 nitrogen and oxygen atoms in total. The van der Waals surface area contributed by atoms with Crippen LogP contribution in [0.2, 0.25) is 0 Å². The van der Waals surface area contributed by atoms with Crippen LogP contribution in [-0.4, -0.2) is 72.5 Å². The second kappa shape index (κ2) is 13.3. The van der Waals surface area contributed by atoms with Crippen LogP contribution in [0.25, 0.3) is 0 Å². The van der Waals surface area contributed by atoms with Crippen molar-refractivity contribution in [2.24, 2.45) is 0 Å². The van der Waals surface area contributed by atoms with Gasteiger partial charge in [-0.25, -0.2) is 0 Å². The zero-order chi connectivity index (χ0) is 25.3. The van der Waals surface area contributed by atoms with E-state index < -0.39 is 0 Å². The summed E-state index contributed by atoms with van der Waals surface area (Å²) in [5.41, 5.74) is 4.62. The van der Waals surface area contributed by atoms with Crippen molar-refractivity contribution in [2.75, 3.05) is 51.1 Å². The number of amides is 1. The number of carbonyl (C=O) groups excluding carboxylic acids is 1. The SMILES string of the molecule is CCCN1CCN([C@@H](c2ccc(C(=O)N(CC)CC)cc2)c2cccc(NC3CCCCC3)c2)CC1. The molecule has 196 valence electrons. The first kappa shape index (κ1) is 26.7. The van der Waals surface area contributed by atoms with Crippen LogP contribution in [0.3, 0.4) is 0 Å². The van der Waals surface area contributed by atoms with Gasteiger partial charge < -0.3 is 15.1 Å². The first-order valence-electron chi connectivity index (χ1n) is 14.3. The Bertz CT molecular complexity index is 941. The molecule has 0 unspecified atom stereocenters. The average molecular weight is 491 g/mol. The van der Waals surface area contributed by atoms with E-state index in [1.54, 1.807) is 0 Å². The van der Waals surface area contributed by atoms with E-state index >= 15 is 0 Å². The molecule has 2 aliphatic rings. The van der Waals surface area contributed by atoms with Crippen molar-refractivity contribution in [3.8, 4) is 0 Å². The Morgan fingerprint density at radius 1 is 0.917 bits per heavy atom. The summed E-state index contributed by atoms with van der Waals surface area (Å²) in [5.74, 6) is 0.120. The lowest BCUT2D eigenvalue weighted by molar-refractivity contribution is 0.0773. The van der Waals surface area contributed by atoms with Crippen molar-refractivity contribution in [1.29, 1.82) is 0 Å². The van der Waals surface area contributed by atoms with Crippen molar-refractivity contribution >= 4 is 11.6 Å². The van der Waals surface area contributed by atoms with Gasteiger partial charge >= 0.3 is 0 Å². The Hall–Kier alpha value is -2.37. The fourth-order valence-electron chi connectivity index (χ4n) is 5.96. The molecule has 2 aromatic rings. The average Bonchev–Trinajstić information content (AvgIpc) is 2.92. The molecule has 0 aromatic heterocycles. The van der Waals surface area contributed by atoms with Crippen LogP contribution in [0.5, 0.6) is 0 Å². The molecule has 1 heterocycles. The lowest BCUT2D eigenvalue weighted by Gasteiger charge is -2.40. The van der Waals surface area contributed by atoms with Gasteiger partial charge in [-0.05, 0) is 75.0 Å². The highest BCUT2D eigenvalue weighted by Gasteiger charge is 2.27. The van der Waals surface area contributed by atoms with Gasteiger partial charge in [0.05, 0.1) is 6.04 Å². The van der Waals surface area contributed by atoms with Gasteiger partial charge in [0.25, 0.3) is 5.91 Å². The monoisotopic (exact) mass is 490 g/mol. The third-order valence-electron chi connectivity index (χ3n) is 8.01. The lowest BCUT2D eigenvalue weighted by Crippen LogP contribution is -2.47. The first-order valence-corrected chi connectivity index (χ1v) is 14.3. The van der Waals surface area contributed by atoms with E-state index in [2.05, 4.69) is 58.4 Å². The van der Waals surface area contributed by atoms with Crippen LogP contribution in [0.1, 0.15) is 86.8 Å². The van der Waals surface area contributed by atoms with E-state index in [0.717, 1.165) is 44.8 Å². The fourth-order valence-corrected chi connectivity index (χ4v) is 5.96. The number of piperazine rings is 1. The Labute approximate surface area is 218 Å². The van der Waals surface area contributed by atoms with Crippen LogP contribution >= 0.6 is 0 Å². The number of hydrogen-bond donors (Lipinski definition) is 1. The molecule has 1 saturated heterocycles. The highest BCUT2D eigenvalue weighted by Crippen LogP contribution is 2.32. The molecule has 0 radical (unpaired) electrons. The van der Waals surface area contributed by atoms with E-state index in [1.165, 1.54) is 61.9 Å². The van der Waals surface area contributed by atoms with Gasteiger partial charge in [-0.3, -0.25) is 9.69 Å². The van der Waals surface area contributed by atoms with Crippen molar-refractivity contribution in [1.82, 2.24) is 14.7 Å². The maximum Gasteiger partial charge on any atom is 0.253 e. The largest absolute Gasteiger partial charge is 0.382 e. The number of hydrogen-bond acceptors (Lipinski definition) is 4. The number of nitrogens with zero attached hydrogens (tertiary/aromatic N) is 3. The van der Waals surface area contributed by atoms with Crippen LogP contribution in [0, 0.1) is 0 Å². The molecule has 2 aromatic carbocycles. The molecule has 1 aliphatic heterocycles. The van der Waals surface area contributed by atoms with Gasteiger partial charge in [0.1, 0.15) is 0 Å². The third-order valence-corrected chi connectivity index (χ3v) is 8.01. The van der Waals surface area contributed by atoms with Crippen molar-refractivity contribution in [3.63, 3.8) is 0 Å². The maximum atomic E-state index is 12.9. The fraction of sp³-hybridized carbons (Fsp3) is 0.581. The number of carbonyl (C=O) groups is 1. The van der Waals surface area contributed by atoms with Crippen LogP contribution in [0.4, 0.5) is 5.69 Å². The second-order valence-corrected chi connectivity index (χ2v) is 10.5. The van der Waals surface area contributed by atoms with Crippen molar-refractivity contribution in [2.45, 2.75) is 71.4 Å². The topological polar surface area (TPSA) is 38.8 Å². The summed E-state index contributed by atoms with van der Waals surface area (Å²) in [6.07, 6.45) is 7.79. The van der Waals surface area contributed by atoms with E-state index in [0.29, 0.717) is 6.04 Å². The smallest absolute Gasteiger partial charge is 0.253 e. The number of benzene rings is 2. The molecule has 1 amide bonds. The summed E-state index contributed by atoms with van der Waals surface area (Å²) in [6, 6.07) is 18.3. The highest BCUT2D eigenvalue weighted by molar-refractivity contribution is 5.94. The summed E-state index contributed by atoms with van der Waals surface area (Å²) >= 11 is 0. The number of anilines is 1. The second-order valence-electron chi connectivity index (χ2n) is 10.5. The molecule has 5 heteroatoms. The Morgan fingerprint density at radius 2 is 1.61 bits per heavy atom. The highest BCUT2D eigenvalue weighted by atomic mass is 16.2. The van der Waals surface area contributed by atoms with E-state index in [-0.39, 0.29) is 11.9 Å². The predicted molar refractivity (Wildman–Crippen MR) is 151 cm³/mol. The van der Waals surface area contributed by atoms with Crippen LogP contribution in [0.15, 0.2) is 48.5 Å².